The number of hydrogen-bond acceptors (Lipinski definition) is 3. The standard InChI is InChI=1S/C17H12ClNO2/c18-13-8-9-14(19)15(17(13)21)16(20)12-7-3-5-10-4-1-2-6-11(10)12/h1-9,21H,19H2. The molecule has 0 aliphatic rings. The molecular weight excluding hydrogens is 286 g/mol. The summed E-state index contributed by atoms with van der Waals surface area (Å²) in [6.45, 7) is 0. The van der Waals surface area contributed by atoms with E-state index in [0.29, 0.717) is 5.56 Å². The summed E-state index contributed by atoms with van der Waals surface area (Å²) in [5.41, 5.74) is 6.56. The van der Waals surface area contributed by atoms with Gasteiger partial charge in [0.2, 0.25) is 0 Å². The summed E-state index contributed by atoms with van der Waals surface area (Å²) in [6, 6.07) is 16.0. The third-order valence-corrected chi connectivity index (χ3v) is 3.73. The second-order valence-corrected chi connectivity index (χ2v) is 5.12. The monoisotopic (exact) mass is 297 g/mol. The molecular formula is C17H12ClNO2. The molecule has 0 aliphatic carbocycles. The van der Waals surface area contributed by atoms with Crippen LogP contribution in [0.15, 0.2) is 54.6 Å². The molecule has 0 saturated heterocycles. The Morgan fingerprint density at radius 2 is 1.71 bits per heavy atom. The molecule has 0 amide bonds. The topological polar surface area (TPSA) is 63.3 Å². The van der Waals surface area contributed by atoms with Crippen molar-refractivity contribution in [1.29, 1.82) is 0 Å². The van der Waals surface area contributed by atoms with E-state index >= 15 is 0 Å². The van der Waals surface area contributed by atoms with Crippen molar-refractivity contribution in [3.05, 3.63) is 70.7 Å². The molecule has 0 radical (unpaired) electrons. The molecule has 4 heteroatoms. The van der Waals surface area contributed by atoms with E-state index in [-0.39, 0.29) is 27.8 Å². The molecule has 0 heterocycles. The van der Waals surface area contributed by atoms with Crippen LogP contribution in [0, 0.1) is 0 Å². The zero-order chi connectivity index (χ0) is 15.0. The number of hydrogen-bond donors (Lipinski definition) is 2. The maximum Gasteiger partial charge on any atom is 0.199 e. The molecule has 0 bridgehead atoms. The van der Waals surface area contributed by atoms with Crippen LogP contribution in [0.4, 0.5) is 5.69 Å². The smallest absolute Gasteiger partial charge is 0.199 e. The van der Waals surface area contributed by atoms with Crippen LogP contribution in [0.2, 0.25) is 5.02 Å². The van der Waals surface area contributed by atoms with Crippen molar-refractivity contribution in [3.63, 3.8) is 0 Å². The quantitative estimate of drug-likeness (QED) is 0.555. The lowest BCUT2D eigenvalue weighted by Crippen LogP contribution is -2.06. The highest BCUT2D eigenvalue weighted by atomic mass is 35.5. The van der Waals surface area contributed by atoms with Gasteiger partial charge in [0.1, 0.15) is 5.75 Å². The highest BCUT2D eigenvalue weighted by Gasteiger charge is 2.20. The number of halogens is 1. The average molecular weight is 298 g/mol. The number of carbonyl (C=O) groups excluding carboxylic acids is 1. The number of fused-ring (bicyclic) bond motifs is 1. The third-order valence-electron chi connectivity index (χ3n) is 3.42. The number of carbonyl (C=O) groups is 1. The Labute approximate surface area is 126 Å². The van der Waals surface area contributed by atoms with Gasteiger partial charge < -0.3 is 10.8 Å². The van der Waals surface area contributed by atoms with Crippen molar-refractivity contribution < 1.29 is 9.90 Å². The number of anilines is 1. The molecule has 104 valence electrons. The molecule has 21 heavy (non-hydrogen) atoms. The van der Waals surface area contributed by atoms with Crippen LogP contribution < -0.4 is 5.73 Å². The van der Waals surface area contributed by atoms with E-state index < -0.39 is 0 Å². The van der Waals surface area contributed by atoms with Crippen LogP contribution in [0.25, 0.3) is 10.8 Å². The van der Waals surface area contributed by atoms with Crippen LogP contribution >= 0.6 is 11.6 Å². The maximum atomic E-state index is 12.8. The van der Waals surface area contributed by atoms with E-state index in [0.717, 1.165) is 10.8 Å². The van der Waals surface area contributed by atoms with E-state index in [2.05, 4.69) is 0 Å². The highest BCUT2D eigenvalue weighted by Crippen LogP contribution is 2.34. The van der Waals surface area contributed by atoms with Crippen molar-refractivity contribution in [1.82, 2.24) is 0 Å². The molecule has 0 aliphatic heterocycles. The number of phenolic OH excluding ortho intramolecular Hbond substituents is 1. The minimum absolute atomic E-state index is 0.0406. The maximum absolute atomic E-state index is 12.8. The number of aromatic hydroxyl groups is 1. The molecule has 0 fully saturated rings. The van der Waals surface area contributed by atoms with Gasteiger partial charge in [-0.15, -0.1) is 0 Å². The SMILES string of the molecule is Nc1ccc(Cl)c(O)c1C(=O)c1cccc2ccccc12. The Kier molecular flexibility index (Phi) is 3.28. The van der Waals surface area contributed by atoms with Gasteiger partial charge in [-0.3, -0.25) is 4.79 Å². The summed E-state index contributed by atoms with van der Waals surface area (Å²) in [5.74, 6) is -0.626. The molecule has 0 spiro atoms. The summed E-state index contributed by atoms with van der Waals surface area (Å²) < 4.78 is 0. The molecule has 3 rings (SSSR count). The van der Waals surface area contributed by atoms with E-state index in [1.54, 1.807) is 12.1 Å². The zero-order valence-electron chi connectivity index (χ0n) is 11.0. The summed E-state index contributed by atoms with van der Waals surface area (Å²) >= 11 is 5.88. The first-order chi connectivity index (χ1) is 10.1. The fraction of sp³-hybridized carbons (Fsp3) is 0. The predicted molar refractivity (Wildman–Crippen MR) is 84.9 cm³/mol. The van der Waals surface area contributed by atoms with E-state index in [1.165, 1.54) is 12.1 Å². The lowest BCUT2D eigenvalue weighted by Gasteiger charge is -2.10. The van der Waals surface area contributed by atoms with Gasteiger partial charge in [0, 0.05) is 11.3 Å². The van der Waals surface area contributed by atoms with E-state index in [9.17, 15) is 9.90 Å². The molecule has 3 nitrogen and oxygen atoms in total. The summed E-state index contributed by atoms with van der Waals surface area (Å²) in [5, 5.41) is 11.9. The van der Waals surface area contributed by atoms with Gasteiger partial charge in [-0.2, -0.15) is 0 Å². The van der Waals surface area contributed by atoms with Crippen molar-refractivity contribution in [3.8, 4) is 5.75 Å². The summed E-state index contributed by atoms with van der Waals surface area (Å²) in [6.07, 6.45) is 0. The lowest BCUT2D eigenvalue weighted by atomic mass is 9.96. The number of phenols is 1. The molecule has 3 N–H and O–H groups in total. The number of ketones is 1. The van der Waals surface area contributed by atoms with Crippen molar-refractivity contribution in [2.45, 2.75) is 0 Å². The lowest BCUT2D eigenvalue weighted by molar-refractivity contribution is 0.103. The molecule has 3 aromatic rings. The molecule has 0 saturated carbocycles. The first-order valence-corrected chi connectivity index (χ1v) is 6.77. The van der Waals surface area contributed by atoms with Gasteiger partial charge in [0.05, 0.1) is 10.6 Å². The van der Waals surface area contributed by atoms with Crippen molar-refractivity contribution in [2.75, 3.05) is 5.73 Å². The Morgan fingerprint density at radius 3 is 2.52 bits per heavy atom. The van der Waals surface area contributed by atoms with Gasteiger partial charge in [0.25, 0.3) is 0 Å². The van der Waals surface area contributed by atoms with Gasteiger partial charge >= 0.3 is 0 Å². The van der Waals surface area contributed by atoms with E-state index in [4.69, 9.17) is 17.3 Å². The van der Waals surface area contributed by atoms with Crippen LogP contribution in [0.5, 0.6) is 5.75 Å². The molecule has 0 unspecified atom stereocenters. The van der Waals surface area contributed by atoms with Crippen LogP contribution in [-0.4, -0.2) is 10.9 Å². The Bertz CT molecular complexity index is 853. The number of benzene rings is 3. The Balaban J connectivity index is 2.25. The number of nitrogens with two attached hydrogens (primary N) is 1. The normalized spacial score (nSPS) is 10.7. The van der Waals surface area contributed by atoms with Crippen LogP contribution in [0.3, 0.4) is 0 Å². The predicted octanol–water partition coefficient (Wildman–Crippen LogP) is 4.01. The molecule has 0 atom stereocenters. The first kappa shape index (κ1) is 13.5. The molecule has 0 aromatic heterocycles. The summed E-state index contributed by atoms with van der Waals surface area (Å²) in [7, 11) is 0. The Hall–Kier alpha value is -2.52. The van der Waals surface area contributed by atoms with Gasteiger partial charge in [-0.1, -0.05) is 54.1 Å². The van der Waals surface area contributed by atoms with Gasteiger partial charge in [0.15, 0.2) is 5.78 Å². The number of rotatable bonds is 2. The summed E-state index contributed by atoms with van der Waals surface area (Å²) in [4.78, 5) is 12.8. The minimum Gasteiger partial charge on any atom is -0.506 e. The highest BCUT2D eigenvalue weighted by molar-refractivity contribution is 6.33. The van der Waals surface area contributed by atoms with Gasteiger partial charge in [-0.25, -0.2) is 0 Å². The minimum atomic E-state index is -0.343. The average Bonchev–Trinajstić information content (AvgIpc) is 2.50. The zero-order valence-corrected chi connectivity index (χ0v) is 11.8. The Morgan fingerprint density at radius 1 is 1.00 bits per heavy atom. The molecule has 3 aromatic carbocycles. The number of nitrogen functional groups attached to an aromatic ring is 1. The van der Waals surface area contributed by atoms with Crippen molar-refractivity contribution in [2.24, 2.45) is 0 Å². The fourth-order valence-corrected chi connectivity index (χ4v) is 2.54. The third kappa shape index (κ3) is 2.22. The first-order valence-electron chi connectivity index (χ1n) is 6.39. The second-order valence-electron chi connectivity index (χ2n) is 4.72. The van der Waals surface area contributed by atoms with Crippen LogP contribution in [-0.2, 0) is 0 Å². The fourth-order valence-electron chi connectivity index (χ4n) is 2.38. The van der Waals surface area contributed by atoms with Gasteiger partial charge in [-0.05, 0) is 22.9 Å². The largest absolute Gasteiger partial charge is 0.506 e. The second kappa shape index (κ2) is 5.11. The van der Waals surface area contributed by atoms with Crippen molar-refractivity contribution >= 4 is 33.8 Å². The van der Waals surface area contributed by atoms with Crippen LogP contribution in [0.1, 0.15) is 15.9 Å². The van der Waals surface area contributed by atoms with E-state index in [1.807, 2.05) is 30.3 Å².